The van der Waals surface area contributed by atoms with Gasteiger partial charge in [0.1, 0.15) is 0 Å². The van der Waals surface area contributed by atoms with Gasteiger partial charge in [0.15, 0.2) is 0 Å². The maximum atomic E-state index is 5.95. The molecule has 0 saturated heterocycles. The summed E-state index contributed by atoms with van der Waals surface area (Å²) in [5.41, 5.74) is 1.31. The van der Waals surface area contributed by atoms with Gasteiger partial charge in [-0.25, -0.2) is 0 Å². The molecule has 2 rings (SSSR count). The molecule has 0 spiro atoms. The molecule has 0 amide bonds. The highest BCUT2D eigenvalue weighted by atomic mass is 79.9. The van der Waals surface area contributed by atoms with Crippen LogP contribution in [-0.4, -0.2) is 0 Å². The predicted octanol–water partition coefficient (Wildman–Crippen LogP) is 5.80. The van der Waals surface area contributed by atoms with E-state index in [1.807, 2.05) is 12.1 Å². The van der Waals surface area contributed by atoms with Crippen LogP contribution >= 0.6 is 38.9 Å². The first kappa shape index (κ1) is 15.0. The second-order valence-corrected chi connectivity index (χ2v) is 7.46. The molecule has 0 saturated carbocycles. The molecule has 0 aliphatic carbocycles. The van der Waals surface area contributed by atoms with E-state index in [9.17, 15) is 0 Å². The van der Waals surface area contributed by atoms with Crippen LogP contribution < -0.4 is 5.32 Å². The van der Waals surface area contributed by atoms with E-state index in [1.54, 1.807) is 11.3 Å². The molecule has 1 heterocycles. The largest absolute Gasteiger partial charge is 0.305 e. The van der Waals surface area contributed by atoms with Crippen molar-refractivity contribution < 1.29 is 0 Å². The van der Waals surface area contributed by atoms with E-state index in [-0.39, 0.29) is 0 Å². The fourth-order valence-corrected chi connectivity index (χ4v) is 3.60. The first-order chi connectivity index (χ1) is 9.19. The van der Waals surface area contributed by atoms with Crippen LogP contribution in [-0.2, 0) is 6.54 Å². The maximum absolute atomic E-state index is 5.95. The van der Waals surface area contributed by atoms with Crippen LogP contribution in [0.25, 0.3) is 0 Å². The SMILES string of the molecule is CCCC(NCc1ccc(Br)s1)c1ccc(Cl)cc1. The molecule has 0 radical (unpaired) electrons. The van der Waals surface area contributed by atoms with Gasteiger partial charge in [-0.05, 0) is 52.2 Å². The van der Waals surface area contributed by atoms with Gasteiger partial charge in [-0.1, -0.05) is 37.1 Å². The number of nitrogens with one attached hydrogen (secondary N) is 1. The fourth-order valence-electron chi connectivity index (χ4n) is 2.04. The molecular weight excluding hydrogens is 342 g/mol. The van der Waals surface area contributed by atoms with Gasteiger partial charge in [0.25, 0.3) is 0 Å². The molecule has 0 fully saturated rings. The summed E-state index contributed by atoms with van der Waals surface area (Å²) in [6.45, 7) is 3.12. The fraction of sp³-hybridized carbons (Fsp3) is 0.333. The summed E-state index contributed by atoms with van der Waals surface area (Å²) in [6, 6.07) is 12.8. The molecule has 1 unspecified atom stereocenters. The first-order valence-electron chi connectivity index (χ1n) is 6.42. The summed E-state index contributed by atoms with van der Waals surface area (Å²) in [5, 5.41) is 4.43. The Morgan fingerprint density at radius 2 is 1.95 bits per heavy atom. The van der Waals surface area contributed by atoms with Gasteiger partial charge in [-0.2, -0.15) is 0 Å². The van der Waals surface area contributed by atoms with E-state index in [4.69, 9.17) is 11.6 Å². The van der Waals surface area contributed by atoms with Crippen LogP contribution in [0.15, 0.2) is 40.2 Å². The monoisotopic (exact) mass is 357 g/mol. The minimum atomic E-state index is 0.392. The lowest BCUT2D eigenvalue weighted by Gasteiger charge is -2.18. The minimum Gasteiger partial charge on any atom is -0.305 e. The van der Waals surface area contributed by atoms with Crippen LogP contribution in [0.5, 0.6) is 0 Å². The van der Waals surface area contributed by atoms with E-state index in [1.165, 1.54) is 14.2 Å². The standard InChI is InChI=1S/C15H17BrClNS/c1-2-3-14(11-4-6-12(17)7-5-11)18-10-13-8-9-15(16)19-13/h4-9,14,18H,2-3,10H2,1H3. The summed E-state index contributed by atoms with van der Waals surface area (Å²) in [7, 11) is 0. The average Bonchev–Trinajstić information content (AvgIpc) is 2.81. The van der Waals surface area contributed by atoms with Crippen molar-refractivity contribution in [1.82, 2.24) is 5.32 Å². The Hall–Kier alpha value is -0.350. The van der Waals surface area contributed by atoms with E-state index in [0.717, 1.165) is 24.4 Å². The van der Waals surface area contributed by atoms with Crippen molar-refractivity contribution in [2.24, 2.45) is 0 Å². The number of hydrogen-bond acceptors (Lipinski definition) is 2. The van der Waals surface area contributed by atoms with Gasteiger partial charge in [-0.15, -0.1) is 11.3 Å². The number of thiophene rings is 1. The van der Waals surface area contributed by atoms with E-state index in [0.29, 0.717) is 6.04 Å². The smallest absolute Gasteiger partial charge is 0.0701 e. The lowest BCUT2D eigenvalue weighted by Crippen LogP contribution is -2.20. The van der Waals surface area contributed by atoms with Gasteiger partial charge < -0.3 is 5.32 Å². The maximum Gasteiger partial charge on any atom is 0.0701 e. The van der Waals surface area contributed by atoms with Crippen molar-refractivity contribution in [2.45, 2.75) is 32.4 Å². The summed E-state index contributed by atoms with van der Waals surface area (Å²) in [6.07, 6.45) is 2.29. The third kappa shape index (κ3) is 4.60. The van der Waals surface area contributed by atoms with Crippen LogP contribution in [0, 0.1) is 0 Å². The number of rotatable bonds is 6. The molecule has 1 N–H and O–H groups in total. The molecule has 102 valence electrons. The van der Waals surface area contributed by atoms with Crippen molar-refractivity contribution in [2.75, 3.05) is 0 Å². The molecule has 1 nitrogen and oxygen atoms in total. The molecule has 1 aromatic heterocycles. The Morgan fingerprint density at radius 3 is 2.53 bits per heavy atom. The predicted molar refractivity (Wildman–Crippen MR) is 88.0 cm³/mol. The molecule has 1 aromatic carbocycles. The van der Waals surface area contributed by atoms with Crippen molar-refractivity contribution in [3.05, 3.63) is 55.6 Å². The highest BCUT2D eigenvalue weighted by Gasteiger charge is 2.10. The molecule has 1 atom stereocenters. The molecule has 0 bridgehead atoms. The van der Waals surface area contributed by atoms with Crippen molar-refractivity contribution in [3.8, 4) is 0 Å². The zero-order valence-electron chi connectivity index (χ0n) is 10.8. The highest BCUT2D eigenvalue weighted by Crippen LogP contribution is 2.24. The molecule has 2 aromatic rings. The Labute approximate surface area is 132 Å². The third-order valence-corrected chi connectivity index (χ3v) is 4.88. The van der Waals surface area contributed by atoms with Crippen molar-refractivity contribution in [1.29, 1.82) is 0 Å². The van der Waals surface area contributed by atoms with Gasteiger partial charge >= 0.3 is 0 Å². The lowest BCUT2D eigenvalue weighted by molar-refractivity contribution is 0.496. The first-order valence-corrected chi connectivity index (χ1v) is 8.41. The van der Waals surface area contributed by atoms with Crippen LogP contribution in [0.1, 0.15) is 36.2 Å². The Morgan fingerprint density at radius 1 is 1.21 bits per heavy atom. The van der Waals surface area contributed by atoms with Gasteiger partial charge in [0, 0.05) is 22.5 Å². The molecular formula is C15H17BrClNS. The van der Waals surface area contributed by atoms with E-state index < -0.39 is 0 Å². The second kappa shape index (κ2) is 7.44. The van der Waals surface area contributed by atoms with Gasteiger partial charge in [0.2, 0.25) is 0 Å². The highest BCUT2D eigenvalue weighted by molar-refractivity contribution is 9.11. The molecule has 0 aliphatic rings. The van der Waals surface area contributed by atoms with Gasteiger partial charge in [-0.3, -0.25) is 0 Å². The number of halogens is 2. The molecule has 0 aliphatic heterocycles. The Bertz CT molecular complexity index is 509. The van der Waals surface area contributed by atoms with Crippen LogP contribution in [0.4, 0.5) is 0 Å². The van der Waals surface area contributed by atoms with Gasteiger partial charge in [0.05, 0.1) is 3.79 Å². The Kier molecular flexibility index (Phi) is 5.89. The summed E-state index contributed by atoms with van der Waals surface area (Å²) in [4.78, 5) is 1.35. The van der Waals surface area contributed by atoms with E-state index in [2.05, 4.69) is 52.4 Å². The third-order valence-electron chi connectivity index (χ3n) is 3.00. The zero-order chi connectivity index (χ0) is 13.7. The summed E-state index contributed by atoms with van der Waals surface area (Å²) in [5.74, 6) is 0. The topological polar surface area (TPSA) is 12.0 Å². The average molecular weight is 359 g/mol. The number of benzene rings is 1. The normalized spacial score (nSPS) is 12.6. The van der Waals surface area contributed by atoms with Crippen molar-refractivity contribution >= 4 is 38.9 Å². The quantitative estimate of drug-likeness (QED) is 0.688. The van der Waals surface area contributed by atoms with E-state index >= 15 is 0 Å². The molecule has 4 heteroatoms. The second-order valence-electron chi connectivity index (χ2n) is 4.48. The summed E-state index contributed by atoms with van der Waals surface area (Å²) >= 11 is 11.2. The van der Waals surface area contributed by atoms with Crippen molar-refractivity contribution in [3.63, 3.8) is 0 Å². The minimum absolute atomic E-state index is 0.392. The number of hydrogen-bond donors (Lipinski definition) is 1. The Balaban J connectivity index is 2.01. The van der Waals surface area contributed by atoms with Crippen LogP contribution in [0.3, 0.4) is 0 Å². The lowest BCUT2D eigenvalue weighted by atomic mass is 10.0. The summed E-state index contributed by atoms with van der Waals surface area (Å²) < 4.78 is 1.18. The molecule has 19 heavy (non-hydrogen) atoms. The van der Waals surface area contributed by atoms with Crippen LogP contribution in [0.2, 0.25) is 5.02 Å². The zero-order valence-corrected chi connectivity index (χ0v) is 14.0.